The van der Waals surface area contributed by atoms with E-state index in [0.717, 1.165) is 12.8 Å². The van der Waals surface area contributed by atoms with E-state index in [2.05, 4.69) is 118 Å². The van der Waals surface area contributed by atoms with Crippen molar-refractivity contribution in [1.29, 1.82) is 0 Å². The molecule has 0 bridgehead atoms. The summed E-state index contributed by atoms with van der Waals surface area (Å²) in [6.45, 7) is 0. The monoisotopic (exact) mass is 410 g/mol. The minimum Gasteiger partial charge on any atom is -0.308 e. The van der Waals surface area contributed by atoms with Gasteiger partial charge in [0.2, 0.25) is 0 Å². The highest BCUT2D eigenvalue weighted by Crippen LogP contribution is 2.41. The molecule has 7 rings (SSSR count). The molecule has 0 spiro atoms. The molecule has 0 saturated carbocycles. The van der Waals surface area contributed by atoms with E-state index in [0.29, 0.717) is 0 Å². The van der Waals surface area contributed by atoms with Crippen LogP contribution in [0.4, 0.5) is 0 Å². The van der Waals surface area contributed by atoms with Crippen LogP contribution in [0.2, 0.25) is 0 Å². The van der Waals surface area contributed by atoms with Gasteiger partial charge in [-0.05, 0) is 43.2 Å². The Labute approximate surface area is 186 Å². The van der Waals surface area contributed by atoms with Gasteiger partial charge in [0.15, 0.2) is 0 Å². The number of hydrogen-bond acceptors (Lipinski definition) is 0. The Kier molecular flexibility index (Phi) is 3.71. The van der Waals surface area contributed by atoms with Crippen LogP contribution < -0.4 is 0 Å². The molecule has 2 aromatic heterocycles. The van der Waals surface area contributed by atoms with Crippen LogP contribution in [0.15, 0.2) is 109 Å². The summed E-state index contributed by atoms with van der Waals surface area (Å²) in [5, 5.41) is 5.18. The zero-order chi connectivity index (χ0) is 21.1. The van der Waals surface area contributed by atoms with Crippen LogP contribution >= 0.6 is 0 Å². The van der Waals surface area contributed by atoms with Crippen LogP contribution in [0.1, 0.15) is 12.8 Å². The smallest absolute Gasteiger partial charge is 0.0788 e. The molecule has 0 unspecified atom stereocenters. The van der Waals surface area contributed by atoms with E-state index in [1.165, 1.54) is 55.0 Å². The molecule has 0 fully saturated rings. The molecule has 1 aliphatic carbocycles. The Morgan fingerprint density at radius 1 is 0.500 bits per heavy atom. The number of allylic oxidation sites excluding steroid dienone is 4. The SMILES string of the molecule is C1=CC(n2c3ccccc3c3ccc4c5ccccc5n(-c5ccccc5)c4c32)=CCC1. The molecule has 0 saturated heterocycles. The molecule has 152 valence electrons. The van der Waals surface area contributed by atoms with Gasteiger partial charge in [-0.25, -0.2) is 0 Å². The zero-order valence-electron chi connectivity index (χ0n) is 17.7. The maximum absolute atomic E-state index is 2.47. The lowest BCUT2D eigenvalue weighted by Crippen LogP contribution is -2.00. The molecule has 4 aromatic carbocycles. The van der Waals surface area contributed by atoms with Crippen LogP contribution in [0.5, 0.6) is 0 Å². The van der Waals surface area contributed by atoms with Gasteiger partial charge in [-0.1, -0.05) is 78.9 Å². The predicted octanol–water partition coefficient (Wildman–Crippen LogP) is 8.08. The Morgan fingerprint density at radius 2 is 1.09 bits per heavy atom. The number of benzene rings is 4. The first kappa shape index (κ1) is 17.6. The average Bonchev–Trinajstić information content (AvgIpc) is 3.38. The summed E-state index contributed by atoms with van der Waals surface area (Å²) in [5.41, 5.74) is 7.51. The minimum absolute atomic E-state index is 1.08. The van der Waals surface area contributed by atoms with Crippen molar-refractivity contribution in [3.05, 3.63) is 109 Å². The van der Waals surface area contributed by atoms with Crippen molar-refractivity contribution < 1.29 is 0 Å². The second kappa shape index (κ2) is 6.73. The Hall–Kier alpha value is -4.04. The zero-order valence-corrected chi connectivity index (χ0v) is 17.7. The van der Waals surface area contributed by atoms with Crippen LogP contribution in [0.3, 0.4) is 0 Å². The predicted molar refractivity (Wildman–Crippen MR) is 136 cm³/mol. The van der Waals surface area contributed by atoms with Gasteiger partial charge in [0.05, 0.1) is 22.1 Å². The van der Waals surface area contributed by atoms with Crippen molar-refractivity contribution >= 4 is 49.3 Å². The van der Waals surface area contributed by atoms with E-state index >= 15 is 0 Å². The van der Waals surface area contributed by atoms with Crippen LogP contribution in [-0.2, 0) is 0 Å². The molecule has 32 heavy (non-hydrogen) atoms. The van der Waals surface area contributed by atoms with Crippen molar-refractivity contribution in [3.8, 4) is 5.69 Å². The van der Waals surface area contributed by atoms with Crippen molar-refractivity contribution in [2.24, 2.45) is 0 Å². The van der Waals surface area contributed by atoms with Crippen molar-refractivity contribution in [2.75, 3.05) is 0 Å². The molecule has 2 nitrogen and oxygen atoms in total. The van der Waals surface area contributed by atoms with Gasteiger partial charge in [-0.2, -0.15) is 0 Å². The lowest BCUT2D eigenvalue weighted by molar-refractivity contribution is 1.02. The van der Waals surface area contributed by atoms with Crippen molar-refractivity contribution in [3.63, 3.8) is 0 Å². The molecule has 0 N–H and O–H groups in total. The third-order valence-corrected chi connectivity index (χ3v) is 6.72. The van der Waals surface area contributed by atoms with Crippen LogP contribution in [0, 0.1) is 0 Å². The van der Waals surface area contributed by atoms with Crippen molar-refractivity contribution in [1.82, 2.24) is 9.13 Å². The van der Waals surface area contributed by atoms with E-state index in [-0.39, 0.29) is 0 Å². The van der Waals surface area contributed by atoms with E-state index in [9.17, 15) is 0 Å². The first-order chi connectivity index (χ1) is 15.9. The van der Waals surface area contributed by atoms with E-state index in [4.69, 9.17) is 0 Å². The summed E-state index contributed by atoms with van der Waals surface area (Å²) in [6, 6.07) is 32.9. The topological polar surface area (TPSA) is 9.86 Å². The number of aromatic nitrogens is 2. The maximum Gasteiger partial charge on any atom is 0.0788 e. The standard InChI is InChI=1S/C30H22N2/c1-3-11-21(12-4-1)31-27-17-9-7-15-23(27)25-19-20-26-24-16-8-10-18-28(24)32(30(26)29(25)31)22-13-5-2-6-14-22/h1,3-5,7-20H,2,6H2. The Bertz CT molecular complexity index is 1710. The highest BCUT2D eigenvalue weighted by Gasteiger charge is 2.21. The van der Waals surface area contributed by atoms with Gasteiger partial charge in [-0.15, -0.1) is 0 Å². The normalized spacial score (nSPS) is 14.1. The Morgan fingerprint density at radius 3 is 1.75 bits per heavy atom. The highest BCUT2D eigenvalue weighted by atomic mass is 15.0. The molecule has 2 heteroatoms. The highest BCUT2D eigenvalue weighted by molar-refractivity contribution is 6.24. The van der Waals surface area contributed by atoms with E-state index in [1.54, 1.807) is 0 Å². The second-order valence-corrected chi connectivity index (χ2v) is 8.51. The summed E-state index contributed by atoms with van der Waals surface area (Å²) >= 11 is 0. The fraction of sp³-hybridized carbons (Fsp3) is 0.0667. The van der Waals surface area contributed by atoms with Crippen LogP contribution in [0.25, 0.3) is 55.0 Å². The number of fused-ring (bicyclic) bond motifs is 7. The quantitative estimate of drug-likeness (QED) is 0.273. The summed E-state index contributed by atoms with van der Waals surface area (Å²) < 4.78 is 4.91. The van der Waals surface area contributed by atoms with Gasteiger partial charge >= 0.3 is 0 Å². The van der Waals surface area contributed by atoms with Gasteiger partial charge in [0.25, 0.3) is 0 Å². The summed E-state index contributed by atoms with van der Waals surface area (Å²) in [7, 11) is 0. The molecular formula is C30H22N2. The fourth-order valence-electron chi connectivity index (χ4n) is 5.38. The molecular weight excluding hydrogens is 388 g/mol. The molecule has 0 amide bonds. The van der Waals surface area contributed by atoms with E-state index in [1.807, 2.05) is 0 Å². The summed E-state index contributed by atoms with van der Waals surface area (Å²) in [4.78, 5) is 0. The van der Waals surface area contributed by atoms with Gasteiger partial charge < -0.3 is 9.13 Å². The van der Waals surface area contributed by atoms with E-state index < -0.39 is 0 Å². The third-order valence-electron chi connectivity index (χ3n) is 6.72. The van der Waals surface area contributed by atoms with Gasteiger partial charge in [-0.3, -0.25) is 0 Å². The Balaban J connectivity index is 1.78. The molecule has 1 aliphatic rings. The second-order valence-electron chi connectivity index (χ2n) is 8.51. The average molecular weight is 411 g/mol. The minimum atomic E-state index is 1.08. The molecule has 0 radical (unpaired) electrons. The number of hydrogen-bond donors (Lipinski definition) is 0. The first-order valence-electron chi connectivity index (χ1n) is 11.3. The lowest BCUT2D eigenvalue weighted by Gasteiger charge is -2.14. The van der Waals surface area contributed by atoms with Crippen molar-refractivity contribution in [2.45, 2.75) is 12.8 Å². The number of nitrogens with zero attached hydrogens (tertiary/aromatic N) is 2. The fourth-order valence-corrected chi connectivity index (χ4v) is 5.38. The molecule has 6 aromatic rings. The van der Waals surface area contributed by atoms with Gasteiger partial charge in [0, 0.05) is 32.9 Å². The van der Waals surface area contributed by atoms with Gasteiger partial charge in [0.1, 0.15) is 0 Å². The first-order valence-corrected chi connectivity index (χ1v) is 11.3. The molecule has 2 heterocycles. The molecule has 0 atom stereocenters. The largest absolute Gasteiger partial charge is 0.308 e. The number of para-hydroxylation sites is 3. The number of rotatable bonds is 2. The lowest BCUT2D eigenvalue weighted by atomic mass is 10.1. The maximum atomic E-state index is 2.47. The van der Waals surface area contributed by atoms with Crippen LogP contribution in [-0.4, -0.2) is 9.13 Å². The summed E-state index contributed by atoms with van der Waals surface area (Å²) in [6.07, 6.45) is 9.14. The molecule has 0 aliphatic heterocycles. The summed E-state index contributed by atoms with van der Waals surface area (Å²) in [5.74, 6) is 0. The third kappa shape index (κ3) is 2.35.